The zero-order valence-corrected chi connectivity index (χ0v) is 17.1. The van der Waals surface area contributed by atoms with Gasteiger partial charge in [-0.2, -0.15) is 0 Å². The van der Waals surface area contributed by atoms with E-state index in [9.17, 15) is 13.2 Å². The van der Waals surface area contributed by atoms with Crippen LogP contribution in [0.5, 0.6) is 0 Å². The zero-order chi connectivity index (χ0) is 20.7. The van der Waals surface area contributed by atoms with E-state index in [1.54, 1.807) is 30.3 Å². The summed E-state index contributed by atoms with van der Waals surface area (Å²) in [7, 11) is -3.72. The van der Waals surface area contributed by atoms with Crippen LogP contribution in [0.4, 0.5) is 5.69 Å². The number of carbonyl (C=O) groups is 1. The van der Waals surface area contributed by atoms with Crippen LogP contribution in [-0.2, 0) is 23.0 Å². The Morgan fingerprint density at radius 2 is 1.59 bits per heavy atom. The lowest BCUT2D eigenvalue weighted by atomic mass is 10.1. The van der Waals surface area contributed by atoms with E-state index in [2.05, 4.69) is 17.0 Å². The molecule has 0 aliphatic heterocycles. The highest BCUT2D eigenvalue weighted by atomic mass is 32.2. The normalized spacial score (nSPS) is 11.1. The lowest BCUT2D eigenvalue weighted by Gasteiger charge is -2.11. The number of sulfonamides is 1. The van der Waals surface area contributed by atoms with Gasteiger partial charge in [0.25, 0.3) is 15.9 Å². The van der Waals surface area contributed by atoms with Crippen molar-refractivity contribution in [3.8, 4) is 0 Å². The maximum absolute atomic E-state index is 12.7. The minimum atomic E-state index is -3.72. The van der Waals surface area contributed by atoms with Crippen molar-refractivity contribution in [1.82, 2.24) is 5.32 Å². The van der Waals surface area contributed by atoms with Gasteiger partial charge in [0.05, 0.1) is 4.90 Å². The summed E-state index contributed by atoms with van der Waals surface area (Å²) in [6.07, 6.45) is 1.91. The second-order valence-electron chi connectivity index (χ2n) is 6.75. The van der Waals surface area contributed by atoms with Crippen LogP contribution in [0.2, 0.25) is 0 Å². The van der Waals surface area contributed by atoms with E-state index in [4.69, 9.17) is 0 Å². The third-order valence-electron chi connectivity index (χ3n) is 4.45. The number of carbonyl (C=O) groups excluding carboxylic acids is 1. The van der Waals surface area contributed by atoms with Crippen molar-refractivity contribution in [1.29, 1.82) is 0 Å². The highest BCUT2D eigenvalue weighted by Gasteiger charge is 2.15. The van der Waals surface area contributed by atoms with Crippen LogP contribution in [0.25, 0.3) is 0 Å². The fourth-order valence-corrected chi connectivity index (χ4v) is 3.99. The Morgan fingerprint density at radius 1 is 0.862 bits per heavy atom. The minimum Gasteiger partial charge on any atom is -0.348 e. The van der Waals surface area contributed by atoms with E-state index >= 15 is 0 Å². The van der Waals surface area contributed by atoms with E-state index in [-0.39, 0.29) is 10.8 Å². The Bertz CT molecular complexity index is 1060. The summed E-state index contributed by atoms with van der Waals surface area (Å²) in [5.74, 6) is -0.265. The molecule has 0 aliphatic carbocycles. The van der Waals surface area contributed by atoms with Gasteiger partial charge in [-0.15, -0.1) is 0 Å². The van der Waals surface area contributed by atoms with Crippen LogP contribution >= 0.6 is 0 Å². The van der Waals surface area contributed by atoms with Crippen molar-refractivity contribution in [2.45, 2.75) is 31.2 Å². The Hall–Kier alpha value is -3.12. The molecule has 6 heteroatoms. The first-order chi connectivity index (χ1) is 14.0. The molecular formula is C23H24N2O3S. The van der Waals surface area contributed by atoms with Crippen LogP contribution in [-0.4, -0.2) is 14.3 Å². The largest absolute Gasteiger partial charge is 0.348 e. The maximum atomic E-state index is 12.7. The monoisotopic (exact) mass is 408 g/mol. The molecule has 0 saturated carbocycles. The number of amides is 1. The second-order valence-corrected chi connectivity index (χ2v) is 8.43. The van der Waals surface area contributed by atoms with Crippen molar-refractivity contribution in [3.05, 3.63) is 95.6 Å². The predicted octanol–water partition coefficient (Wildman–Crippen LogP) is 4.37. The van der Waals surface area contributed by atoms with Crippen LogP contribution in [0.15, 0.2) is 83.8 Å². The van der Waals surface area contributed by atoms with Gasteiger partial charge in [0.1, 0.15) is 0 Å². The Labute approximate surface area is 171 Å². The van der Waals surface area contributed by atoms with Crippen molar-refractivity contribution < 1.29 is 13.2 Å². The third-order valence-corrected chi connectivity index (χ3v) is 5.84. The number of anilines is 1. The molecule has 5 nitrogen and oxygen atoms in total. The van der Waals surface area contributed by atoms with Gasteiger partial charge in [0.15, 0.2) is 0 Å². The van der Waals surface area contributed by atoms with E-state index in [1.165, 1.54) is 6.07 Å². The smallest absolute Gasteiger partial charge is 0.261 e. The summed E-state index contributed by atoms with van der Waals surface area (Å²) in [6.45, 7) is 2.48. The number of nitrogens with one attached hydrogen (secondary N) is 2. The van der Waals surface area contributed by atoms with Gasteiger partial charge in [-0.1, -0.05) is 61.9 Å². The standard InChI is InChI=1S/C23H24N2O3S/c1-2-7-18-12-14-22(15-13-18)29(27,28)25-21-11-6-10-20(16-21)23(26)24-17-19-8-4-3-5-9-19/h3-6,8-16,25H,2,7,17H2,1H3,(H,24,26). The van der Waals surface area contributed by atoms with Crippen LogP contribution in [0.3, 0.4) is 0 Å². The summed E-state index contributed by atoms with van der Waals surface area (Å²) in [4.78, 5) is 12.6. The molecule has 0 radical (unpaired) electrons. The number of rotatable bonds is 8. The molecule has 0 saturated heterocycles. The summed E-state index contributed by atoms with van der Waals surface area (Å²) in [5, 5.41) is 2.84. The van der Waals surface area contributed by atoms with E-state index in [1.807, 2.05) is 42.5 Å². The first-order valence-corrected chi connectivity index (χ1v) is 11.0. The topological polar surface area (TPSA) is 75.3 Å². The molecule has 150 valence electrons. The van der Waals surface area contributed by atoms with E-state index in [0.29, 0.717) is 17.8 Å². The molecule has 3 aromatic rings. The summed E-state index contributed by atoms with van der Waals surface area (Å²) < 4.78 is 27.8. The summed E-state index contributed by atoms with van der Waals surface area (Å²) in [5.41, 5.74) is 2.82. The number of hydrogen-bond acceptors (Lipinski definition) is 3. The summed E-state index contributed by atoms with van der Waals surface area (Å²) >= 11 is 0. The SMILES string of the molecule is CCCc1ccc(S(=O)(=O)Nc2cccc(C(=O)NCc3ccccc3)c2)cc1. The molecule has 29 heavy (non-hydrogen) atoms. The van der Waals surface area contributed by atoms with Crippen molar-refractivity contribution in [2.75, 3.05) is 4.72 Å². The molecule has 0 fully saturated rings. The molecule has 1 amide bonds. The van der Waals surface area contributed by atoms with Crippen molar-refractivity contribution in [2.24, 2.45) is 0 Å². The van der Waals surface area contributed by atoms with E-state index < -0.39 is 10.0 Å². The molecule has 0 bridgehead atoms. The average molecular weight is 409 g/mol. The van der Waals surface area contributed by atoms with Crippen LogP contribution in [0, 0.1) is 0 Å². The van der Waals surface area contributed by atoms with Gasteiger partial charge in [0.2, 0.25) is 0 Å². The number of aryl methyl sites for hydroxylation is 1. The molecule has 3 aromatic carbocycles. The van der Waals surface area contributed by atoms with Gasteiger partial charge < -0.3 is 5.32 Å². The molecular weight excluding hydrogens is 384 g/mol. The van der Waals surface area contributed by atoms with Crippen molar-refractivity contribution in [3.63, 3.8) is 0 Å². The quantitative estimate of drug-likeness (QED) is 0.581. The van der Waals surface area contributed by atoms with Gasteiger partial charge in [-0.25, -0.2) is 8.42 Å². The van der Waals surface area contributed by atoms with Gasteiger partial charge >= 0.3 is 0 Å². The Balaban J connectivity index is 1.69. The fourth-order valence-electron chi connectivity index (χ4n) is 2.94. The highest BCUT2D eigenvalue weighted by molar-refractivity contribution is 7.92. The molecule has 3 rings (SSSR count). The summed E-state index contributed by atoms with van der Waals surface area (Å²) in [6, 6.07) is 22.9. The molecule has 2 N–H and O–H groups in total. The minimum absolute atomic E-state index is 0.191. The molecule has 0 aromatic heterocycles. The van der Waals surface area contributed by atoms with Crippen LogP contribution < -0.4 is 10.0 Å². The molecule has 0 unspecified atom stereocenters. The first kappa shape index (κ1) is 20.6. The Morgan fingerprint density at radius 3 is 2.28 bits per heavy atom. The predicted molar refractivity (Wildman–Crippen MR) is 115 cm³/mol. The lowest BCUT2D eigenvalue weighted by molar-refractivity contribution is 0.0951. The Kier molecular flexibility index (Phi) is 6.67. The lowest BCUT2D eigenvalue weighted by Crippen LogP contribution is -2.23. The third kappa shape index (κ3) is 5.68. The van der Waals surface area contributed by atoms with E-state index in [0.717, 1.165) is 24.0 Å². The molecule has 0 atom stereocenters. The van der Waals surface area contributed by atoms with Gasteiger partial charge in [0, 0.05) is 17.8 Å². The zero-order valence-electron chi connectivity index (χ0n) is 16.3. The molecule has 0 heterocycles. The van der Waals surface area contributed by atoms with Crippen LogP contribution in [0.1, 0.15) is 34.8 Å². The molecule has 0 aliphatic rings. The van der Waals surface area contributed by atoms with Gasteiger partial charge in [-0.05, 0) is 47.9 Å². The second kappa shape index (κ2) is 9.39. The number of benzene rings is 3. The van der Waals surface area contributed by atoms with Gasteiger partial charge in [-0.3, -0.25) is 9.52 Å². The first-order valence-electron chi connectivity index (χ1n) is 9.52. The average Bonchev–Trinajstić information content (AvgIpc) is 2.73. The maximum Gasteiger partial charge on any atom is 0.261 e. The fraction of sp³-hybridized carbons (Fsp3) is 0.174. The van der Waals surface area contributed by atoms with Crippen molar-refractivity contribution >= 4 is 21.6 Å². The highest BCUT2D eigenvalue weighted by Crippen LogP contribution is 2.18. The number of hydrogen-bond donors (Lipinski definition) is 2. The molecule has 0 spiro atoms.